The largest absolute Gasteiger partial charge is 0.357 e. The average Bonchev–Trinajstić information content (AvgIpc) is 2.91. The molecule has 6 nitrogen and oxygen atoms in total. The van der Waals surface area contributed by atoms with Crippen LogP contribution in [0, 0.1) is 12.7 Å². The van der Waals surface area contributed by atoms with Gasteiger partial charge in [0.25, 0.3) is 0 Å². The maximum atomic E-state index is 13.8. The number of hydrogen-bond donors (Lipinski definition) is 3. The number of anilines is 3. The van der Waals surface area contributed by atoms with Crippen molar-refractivity contribution in [1.29, 1.82) is 0 Å². The summed E-state index contributed by atoms with van der Waals surface area (Å²) in [5, 5.41) is 13.2. The van der Waals surface area contributed by atoms with Gasteiger partial charge < -0.3 is 10.6 Å². The van der Waals surface area contributed by atoms with Crippen molar-refractivity contribution in [2.45, 2.75) is 6.92 Å². The van der Waals surface area contributed by atoms with Gasteiger partial charge in [0.1, 0.15) is 11.6 Å². The second kappa shape index (κ2) is 4.76. The van der Waals surface area contributed by atoms with Crippen LogP contribution in [0.15, 0.2) is 24.4 Å². The van der Waals surface area contributed by atoms with Crippen LogP contribution in [-0.2, 0) is 0 Å². The highest BCUT2D eigenvalue weighted by Gasteiger charge is 2.11. The van der Waals surface area contributed by atoms with Crippen molar-refractivity contribution < 1.29 is 4.39 Å². The van der Waals surface area contributed by atoms with Crippen LogP contribution in [0.3, 0.4) is 0 Å². The van der Waals surface area contributed by atoms with E-state index in [1.165, 1.54) is 6.07 Å². The minimum Gasteiger partial charge on any atom is -0.357 e. The summed E-state index contributed by atoms with van der Waals surface area (Å²) in [4.78, 5) is 8.52. The number of nitrogens with zero attached hydrogens (tertiary/aromatic N) is 3. The van der Waals surface area contributed by atoms with Crippen LogP contribution in [0.25, 0.3) is 11.0 Å². The lowest BCUT2D eigenvalue weighted by atomic mass is 10.2. The fraction of sp³-hybridized carbons (Fsp3) is 0.154. The van der Waals surface area contributed by atoms with E-state index in [1.54, 1.807) is 25.4 Å². The molecule has 102 valence electrons. The van der Waals surface area contributed by atoms with Gasteiger partial charge in [-0.05, 0) is 24.6 Å². The summed E-state index contributed by atoms with van der Waals surface area (Å²) < 4.78 is 13.8. The fourth-order valence-corrected chi connectivity index (χ4v) is 1.90. The molecule has 0 unspecified atom stereocenters. The third-order valence-electron chi connectivity index (χ3n) is 2.91. The quantitative estimate of drug-likeness (QED) is 0.683. The second-order valence-electron chi connectivity index (χ2n) is 4.39. The first-order valence-corrected chi connectivity index (χ1v) is 6.09. The lowest BCUT2D eigenvalue weighted by molar-refractivity contribution is 0.631. The summed E-state index contributed by atoms with van der Waals surface area (Å²) >= 11 is 0. The lowest BCUT2D eigenvalue weighted by Gasteiger charge is -2.09. The Hall–Kier alpha value is -2.70. The number of benzene rings is 1. The number of H-pyrrole nitrogens is 1. The van der Waals surface area contributed by atoms with E-state index in [2.05, 4.69) is 30.8 Å². The zero-order valence-electron chi connectivity index (χ0n) is 11.0. The van der Waals surface area contributed by atoms with Gasteiger partial charge in [-0.25, -0.2) is 4.39 Å². The molecule has 0 radical (unpaired) electrons. The molecule has 2 aromatic heterocycles. The number of halogens is 1. The summed E-state index contributed by atoms with van der Waals surface area (Å²) in [5.74, 6) is 0.590. The maximum Gasteiger partial charge on any atom is 0.226 e. The number of fused-ring (bicyclic) bond motifs is 1. The molecule has 0 spiro atoms. The molecule has 0 saturated heterocycles. The molecule has 7 heteroatoms. The summed E-state index contributed by atoms with van der Waals surface area (Å²) in [7, 11) is 1.72. The van der Waals surface area contributed by atoms with Crippen molar-refractivity contribution in [2.75, 3.05) is 17.7 Å². The van der Waals surface area contributed by atoms with Gasteiger partial charge in [-0.3, -0.25) is 5.10 Å². The van der Waals surface area contributed by atoms with Gasteiger partial charge in [-0.2, -0.15) is 15.1 Å². The molecule has 0 atom stereocenters. The van der Waals surface area contributed by atoms with Gasteiger partial charge in [-0.1, -0.05) is 6.07 Å². The second-order valence-corrected chi connectivity index (χ2v) is 4.39. The molecule has 3 rings (SSSR count). The zero-order valence-corrected chi connectivity index (χ0v) is 11.0. The molecule has 3 N–H and O–H groups in total. The molecular weight excluding hydrogens is 259 g/mol. The van der Waals surface area contributed by atoms with E-state index in [9.17, 15) is 4.39 Å². The van der Waals surface area contributed by atoms with Crippen LogP contribution in [0.4, 0.5) is 21.8 Å². The highest BCUT2D eigenvalue weighted by molar-refractivity contribution is 5.89. The Kier molecular flexibility index (Phi) is 2.94. The monoisotopic (exact) mass is 272 g/mol. The molecule has 0 bridgehead atoms. The van der Waals surface area contributed by atoms with Gasteiger partial charge in [-0.15, -0.1) is 0 Å². The van der Waals surface area contributed by atoms with E-state index in [4.69, 9.17) is 0 Å². The Labute approximate surface area is 114 Å². The number of hydrogen-bond acceptors (Lipinski definition) is 5. The van der Waals surface area contributed by atoms with Crippen LogP contribution in [0.1, 0.15) is 5.56 Å². The summed E-state index contributed by atoms with van der Waals surface area (Å²) in [6, 6.07) is 4.86. The summed E-state index contributed by atoms with van der Waals surface area (Å²) in [5.41, 5.74) is 1.91. The number of nitrogens with one attached hydrogen (secondary N) is 3. The van der Waals surface area contributed by atoms with E-state index in [1.807, 2.05) is 6.92 Å². The molecule has 0 aliphatic carbocycles. The topological polar surface area (TPSA) is 78.5 Å². The predicted octanol–water partition coefficient (Wildman–Crippen LogP) is 2.59. The molecule has 0 amide bonds. The van der Waals surface area contributed by atoms with Crippen molar-refractivity contribution in [3.8, 4) is 0 Å². The molecule has 0 saturated carbocycles. The SMILES string of the molecule is CNc1nc(Nc2cc(C)ccc2F)c2cn[nH]c2n1. The number of aryl methyl sites for hydroxylation is 1. The maximum absolute atomic E-state index is 13.8. The molecule has 0 aliphatic heterocycles. The minimum absolute atomic E-state index is 0.336. The normalized spacial score (nSPS) is 10.8. The number of aromatic amines is 1. The van der Waals surface area contributed by atoms with Crippen LogP contribution in [0.2, 0.25) is 0 Å². The predicted molar refractivity (Wildman–Crippen MR) is 75.7 cm³/mol. The van der Waals surface area contributed by atoms with Crippen molar-refractivity contribution in [1.82, 2.24) is 20.2 Å². The van der Waals surface area contributed by atoms with Crippen LogP contribution in [-0.4, -0.2) is 27.2 Å². The average molecular weight is 272 g/mol. The van der Waals surface area contributed by atoms with Gasteiger partial charge in [0, 0.05) is 7.05 Å². The van der Waals surface area contributed by atoms with Crippen molar-refractivity contribution in [3.63, 3.8) is 0 Å². The smallest absolute Gasteiger partial charge is 0.226 e. The molecule has 2 heterocycles. The molecular formula is C13H13FN6. The van der Waals surface area contributed by atoms with Gasteiger partial charge in [0.05, 0.1) is 17.3 Å². The Morgan fingerprint density at radius 3 is 2.90 bits per heavy atom. The first-order chi connectivity index (χ1) is 9.67. The van der Waals surface area contributed by atoms with Gasteiger partial charge >= 0.3 is 0 Å². The Morgan fingerprint density at radius 2 is 2.10 bits per heavy atom. The Bertz CT molecular complexity index is 767. The van der Waals surface area contributed by atoms with Crippen molar-refractivity contribution >= 4 is 28.5 Å². The third kappa shape index (κ3) is 2.13. The summed E-state index contributed by atoms with van der Waals surface area (Å²) in [6.07, 6.45) is 1.60. The first-order valence-electron chi connectivity index (χ1n) is 6.09. The molecule has 0 aliphatic rings. The molecule has 3 aromatic rings. The Morgan fingerprint density at radius 1 is 1.25 bits per heavy atom. The van der Waals surface area contributed by atoms with E-state index in [0.29, 0.717) is 28.5 Å². The highest BCUT2D eigenvalue weighted by atomic mass is 19.1. The molecule has 0 fully saturated rings. The third-order valence-corrected chi connectivity index (χ3v) is 2.91. The highest BCUT2D eigenvalue weighted by Crippen LogP contribution is 2.25. The number of aromatic nitrogens is 4. The van der Waals surface area contributed by atoms with Crippen LogP contribution in [0.5, 0.6) is 0 Å². The van der Waals surface area contributed by atoms with Crippen molar-refractivity contribution in [2.24, 2.45) is 0 Å². The molecule has 20 heavy (non-hydrogen) atoms. The van der Waals surface area contributed by atoms with E-state index >= 15 is 0 Å². The standard InChI is InChI=1S/C13H13FN6/c1-7-3-4-9(14)10(5-7)17-11-8-6-16-20-12(8)19-13(15-2)18-11/h3-6H,1-2H3,(H3,15,16,17,18,19,20). The minimum atomic E-state index is -0.336. The van der Waals surface area contributed by atoms with E-state index < -0.39 is 0 Å². The van der Waals surface area contributed by atoms with E-state index in [-0.39, 0.29) is 5.82 Å². The summed E-state index contributed by atoms with van der Waals surface area (Å²) in [6.45, 7) is 1.90. The van der Waals surface area contributed by atoms with Crippen molar-refractivity contribution in [3.05, 3.63) is 35.8 Å². The van der Waals surface area contributed by atoms with E-state index in [0.717, 1.165) is 5.56 Å². The van der Waals surface area contributed by atoms with Gasteiger partial charge in [0.2, 0.25) is 5.95 Å². The molecule has 1 aromatic carbocycles. The van der Waals surface area contributed by atoms with Gasteiger partial charge in [0.15, 0.2) is 5.65 Å². The first kappa shape index (κ1) is 12.3. The zero-order chi connectivity index (χ0) is 14.1. The fourth-order valence-electron chi connectivity index (χ4n) is 1.90. The number of rotatable bonds is 3. The Balaban J connectivity index is 2.09. The van der Waals surface area contributed by atoms with Crippen LogP contribution < -0.4 is 10.6 Å². The lowest BCUT2D eigenvalue weighted by Crippen LogP contribution is -2.02. The van der Waals surface area contributed by atoms with Crippen LogP contribution >= 0.6 is 0 Å².